The van der Waals surface area contributed by atoms with Gasteiger partial charge < -0.3 is 43.0 Å². The van der Waals surface area contributed by atoms with E-state index in [-0.39, 0.29) is 24.1 Å². The van der Waals surface area contributed by atoms with E-state index in [4.69, 9.17) is 37.9 Å². The first-order valence-electron chi connectivity index (χ1n) is 10.5. The highest BCUT2D eigenvalue weighted by atomic mass is 16.6. The van der Waals surface area contributed by atoms with Gasteiger partial charge in [0, 0.05) is 23.3 Å². The maximum Gasteiger partial charge on any atom is 0.169 e. The fourth-order valence-corrected chi connectivity index (χ4v) is 3.28. The molecule has 0 bridgehead atoms. The summed E-state index contributed by atoms with van der Waals surface area (Å²) in [6.07, 6.45) is 0.203. The number of ether oxygens (including phenoxy) is 8. The van der Waals surface area contributed by atoms with Crippen molar-refractivity contribution in [3.05, 3.63) is 24.3 Å². The summed E-state index contributed by atoms with van der Waals surface area (Å²) >= 11 is 0. The van der Waals surface area contributed by atoms with Gasteiger partial charge in [0.1, 0.15) is 49.6 Å². The average Bonchev–Trinajstić information content (AvgIpc) is 3.63. The van der Waals surface area contributed by atoms with Gasteiger partial charge in [0.2, 0.25) is 0 Å². The minimum Gasteiger partial charge on any atom is -0.508 e. The number of hydrogen-bond acceptors (Lipinski definition) is 9. The van der Waals surface area contributed by atoms with Crippen LogP contribution in [0.3, 0.4) is 0 Å². The second-order valence-corrected chi connectivity index (χ2v) is 7.83. The van der Waals surface area contributed by atoms with E-state index >= 15 is 0 Å². The summed E-state index contributed by atoms with van der Waals surface area (Å²) in [5, 5.41) is 10.4. The molecule has 0 aromatic heterocycles. The van der Waals surface area contributed by atoms with Gasteiger partial charge in [-0.05, 0) is 12.1 Å². The maximum absolute atomic E-state index is 10.4. The Labute approximate surface area is 185 Å². The van der Waals surface area contributed by atoms with Crippen LogP contribution in [0.25, 0.3) is 11.1 Å². The number of methoxy groups -OCH3 is 2. The molecule has 5 rings (SSSR count). The number of hydrogen-bond donors (Lipinski definition) is 1. The molecule has 2 aromatic carbocycles. The summed E-state index contributed by atoms with van der Waals surface area (Å²) in [5.74, 6) is 2.47. The van der Waals surface area contributed by atoms with E-state index in [1.54, 1.807) is 19.2 Å². The molecule has 172 valence electrons. The first kappa shape index (κ1) is 21.0. The van der Waals surface area contributed by atoms with Crippen molar-refractivity contribution in [2.24, 2.45) is 0 Å². The van der Waals surface area contributed by atoms with Crippen molar-refractivity contribution < 1.29 is 43.0 Å². The van der Waals surface area contributed by atoms with Gasteiger partial charge in [-0.25, -0.2) is 0 Å². The molecule has 0 radical (unpaired) electrons. The quantitative estimate of drug-likeness (QED) is 0.492. The Bertz CT molecular complexity index is 964. The molecule has 3 heterocycles. The molecule has 1 N–H and O–H groups in total. The Kier molecular flexibility index (Phi) is 5.86. The van der Waals surface area contributed by atoms with Crippen molar-refractivity contribution in [3.63, 3.8) is 0 Å². The third-order valence-corrected chi connectivity index (χ3v) is 5.27. The molecule has 0 saturated carbocycles. The Morgan fingerprint density at radius 2 is 1.19 bits per heavy atom. The summed E-state index contributed by atoms with van der Waals surface area (Å²) in [4.78, 5) is 0. The first-order chi connectivity index (χ1) is 15.6. The summed E-state index contributed by atoms with van der Waals surface area (Å²) in [5.41, 5.74) is 1.22. The van der Waals surface area contributed by atoms with E-state index in [2.05, 4.69) is 0 Å². The van der Waals surface area contributed by atoms with Gasteiger partial charge in [-0.1, -0.05) is 0 Å². The SMILES string of the molecule is COc1cc(O)cc(-c2cc(OCC3CO3)cc(OC)c2OCC2CO2)c1OCC1CO1. The normalized spacial score (nSPS) is 22.8. The number of phenols is 1. The lowest BCUT2D eigenvalue weighted by molar-refractivity contribution is 0.246. The topological polar surface area (TPSA) is 104 Å². The van der Waals surface area contributed by atoms with E-state index < -0.39 is 0 Å². The number of rotatable bonds is 12. The van der Waals surface area contributed by atoms with Crippen LogP contribution in [0.15, 0.2) is 24.3 Å². The first-order valence-corrected chi connectivity index (χ1v) is 10.5. The van der Waals surface area contributed by atoms with E-state index in [1.807, 2.05) is 6.07 Å². The molecule has 3 aliphatic rings. The second kappa shape index (κ2) is 8.93. The minimum absolute atomic E-state index is 0.0278. The summed E-state index contributed by atoms with van der Waals surface area (Å²) in [6, 6.07) is 6.72. The van der Waals surface area contributed by atoms with Crippen LogP contribution in [0.4, 0.5) is 0 Å². The summed E-state index contributed by atoms with van der Waals surface area (Å²) in [6.45, 7) is 3.19. The summed E-state index contributed by atoms with van der Waals surface area (Å²) in [7, 11) is 3.09. The lowest BCUT2D eigenvalue weighted by Crippen LogP contribution is -2.09. The second-order valence-electron chi connectivity index (χ2n) is 7.83. The fourth-order valence-electron chi connectivity index (χ4n) is 3.28. The fraction of sp³-hybridized carbons (Fsp3) is 0.478. The predicted octanol–water partition coefficient (Wildman–Crippen LogP) is 2.41. The van der Waals surface area contributed by atoms with Crippen LogP contribution in [0.2, 0.25) is 0 Å². The molecule has 9 nitrogen and oxygen atoms in total. The molecular formula is C23H26O9. The molecule has 3 fully saturated rings. The van der Waals surface area contributed by atoms with Crippen molar-refractivity contribution in [2.45, 2.75) is 18.3 Å². The number of aromatic hydroxyl groups is 1. The summed E-state index contributed by atoms with van der Waals surface area (Å²) < 4.78 is 45.0. The number of phenolic OH excluding ortho intramolecular Hbond substituents is 1. The molecule has 3 saturated heterocycles. The molecular weight excluding hydrogens is 420 g/mol. The van der Waals surface area contributed by atoms with E-state index in [0.29, 0.717) is 79.5 Å². The molecule has 0 aliphatic carbocycles. The van der Waals surface area contributed by atoms with Gasteiger partial charge in [0.05, 0.1) is 34.0 Å². The highest BCUT2D eigenvalue weighted by Crippen LogP contribution is 2.49. The number of benzene rings is 2. The van der Waals surface area contributed by atoms with Gasteiger partial charge in [0.25, 0.3) is 0 Å². The van der Waals surface area contributed by atoms with E-state index in [9.17, 15) is 5.11 Å². The van der Waals surface area contributed by atoms with Crippen LogP contribution in [0, 0.1) is 0 Å². The Hall–Kier alpha value is -2.88. The van der Waals surface area contributed by atoms with Crippen LogP contribution in [0.5, 0.6) is 34.5 Å². The van der Waals surface area contributed by atoms with E-state index in [1.165, 1.54) is 13.2 Å². The Morgan fingerprint density at radius 1 is 0.719 bits per heavy atom. The Balaban J connectivity index is 1.58. The average molecular weight is 446 g/mol. The van der Waals surface area contributed by atoms with Crippen molar-refractivity contribution >= 4 is 0 Å². The lowest BCUT2D eigenvalue weighted by Gasteiger charge is -2.20. The largest absolute Gasteiger partial charge is 0.508 e. The third-order valence-electron chi connectivity index (χ3n) is 5.27. The number of epoxide rings is 3. The van der Waals surface area contributed by atoms with Gasteiger partial charge in [0.15, 0.2) is 23.0 Å². The predicted molar refractivity (Wildman–Crippen MR) is 112 cm³/mol. The van der Waals surface area contributed by atoms with Gasteiger partial charge in [-0.15, -0.1) is 0 Å². The molecule has 2 aromatic rings. The van der Waals surface area contributed by atoms with E-state index in [0.717, 1.165) is 0 Å². The van der Waals surface area contributed by atoms with Crippen LogP contribution in [0.1, 0.15) is 0 Å². The smallest absolute Gasteiger partial charge is 0.169 e. The van der Waals surface area contributed by atoms with Gasteiger partial charge >= 0.3 is 0 Å². The zero-order valence-electron chi connectivity index (χ0n) is 18.0. The van der Waals surface area contributed by atoms with Crippen LogP contribution in [-0.4, -0.2) is 77.3 Å². The molecule has 0 spiro atoms. The van der Waals surface area contributed by atoms with Crippen molar-refractivity contribution in [1.82, 2.24) is 0 Å². The Morgan fingerprint density at radius 3 is 1.69 bits per heavy atom. The minimum atomic E-state index is 0.0278. The van der Waals surface area contributed by atoms with Gasteiger partial charge in [-0.2, -0.15) is 0 Å². The maximum atomic E-state index is 10.4. The lowest BCUT2D eigenvalue weighted by atomic mass is 10.0. The third kappa shape index (κ3) is 4.95. The molecule has 3 aliphatic heterocycles. The van der Waals surface area contributed by atoms with Crippen molar-refractivity contribution in [2.75, 3.05) is 53.9 Å². The molecule has 3 unspecified atom stereocenters. The zero-order valence-corrected chi connectivity index (χ0v) is 18.0. The van der Waals surface area contributed by atoms with Crippen LogP contribution in [-0.2, 0) is 14.2 Å². The molecule has 3 atom stereocenters. The van der Waals surface area contributed by atoms with Crippen LogP contribution < -0.4 is 23.7 Å². The monoisotopic (exact) mass is 446 g/mol. The van der Waals surface area contributed by atoms with Gasteiger partial charge in [-0.3, -0.25) is 0 Å². The molecule has 0 amide bonds. The van der Waals surface area contributed by atoms with Crippen molar-refractivity contribution in [1.29, 1.82) is 0 Å². The highest BCUT2D eigenvalue weighted by molar-refractivity contribution is 5.83. The molecule has 9 heteroatoms. The standard InChI is InChI=1S/C23H26O9/c1-25-20-4-13(24)3-18(22(20)31-11-16-9-29-16)19-5-14(27-7-15-8-28-15)6-21(26-2)23(19)32-12-17-10-30-17/h3-6,15-17,24H,7-12H2,1-2H3. The van der Waals surface area contributed by atoms with Crippen LogP contribution >= 0.6 is 0 Å². The highest BCUT2D eigenvalue weighted by Gasteiger charge is 2.29. The molecule has 32 heavy (non-hydrogen) atoms. The van der Waals surface area contributed by atoms with Crippen molar-refractivity contribution in [3.8, 4) is 45.6 Å². The zero-order chi connectivity index (χ0) is 22.1.